The topological polar surface area (TPSA) is 60.1 Å². The van der Waals surface area contributed by atoms with Gasteiger partial charge >= 0.3 is 0 Å². The minimum Gasteiger partial charge on any atom is -0.496 e. The van der Waals surface area contributed by atoms with Crippen LogP contribution in [0.25, 0.3) is 17.1 Å². The number of nitriles is 1. The summed E-state index contributed by atoms with van der Waals surface area (Å²) in [6.45, 7) is 8.39. The van der Waals surface area contributed by atoms with E-state index < -0.39 is 5.82 Å². The first-order valence-electron chi connectivity index (χ1n) is 10.8. The van der Waals surface area contributed by atoms with Crippen LogP contribution in [-0.4, -0.2) is 27.9 Å². The second-order valence-corrected chi connectivity index (χ2v) is 9.56. The van der Waals surface area contributed by atoms with E-state index in [1.54, 1.807) is 23.8 Å². The van der Waals surface area contributed by atoms with Gasteiger partial charge in [-0.2, -0.15) is 5.26 Å². The number of hydrogen-bond acceptors (Lipinski definition) is 4. The number of hydrogen-bond donors (Lipinski definition) is 0. The normalized spacial score (nSPS) is 17.7. The van der Waals surface area contributed by atoms with Gasteiger partial charge in [-0.1, -0.05) is 12.1 Å². The minimum absolute atomic E-state index is 0.157. The summed E-state index contributed by atoms with van der Waals surface area (Å²) in [4.78, 5) is 5.00. The molecular weight excluding hydrogens is 405 g/mol. The Hall–Kier alpha value is -3.17. The van der Waals surface area contributed by atoms with Gasteiger partial charge in [-0.15, -0.1) is 0 Å². The molecule has 1 aromatic heterocycles. The minimum atomic E-state index is -0.475. The van der Waals surface area contributed by atoms with Gasteiger partial charge in [0.15, 0.2) is 0 Å². The van der Waals surface area contributed by atoms with Crippen molar-refractivity contribution in [3.8, 4) is 28.9 Å². The van der Waals surface area contributed by atoms with Crippen molar-refractivity contribution < 1.29 is 13.9 Å². The lowest BCUT2D eigenvalue weighted by Gasteiger charge is -2.45. The molecule has 0 spiro atoms. The third-order valence-electron chi connectivity index (χ3n) is 5.86. The Balaban J connectivity index is 1.89. The van der Waals surface area contributed by atoms with Crippen molar-refractivity contribution in [1.29, 1.82) is 5.26 Å². The number of para-hydroxylation sites is 1. The zero-order valence-electron chi connectivity index (χ0n) is 19.1. The zero-order chi connectivity index (χ0) is 23.1. The Kier molecular flexibility index (Phi) is 5.56. The summed E-state index contributed by atoms with van der Waals surface area (Å²) in [5, 5.41) is 9.13. The van der Waals surface area contributed by atoms with E-state index in [1.807, 2.05) is 36.5 Å². The van der Waals surface area contributed by atoms with Gasteiger partial charge in [0.05, 0.1) is 46.9 Å². The fourth-order valence-electron chi connectivity index (χ4n) is 4.87. The quantitative estimate of drug-likeness (QED) is 0.506. The van der Waals surface area contributed by atoms with E-state index in [-0.39, 0.29) is 22.7 Å². The SMILES string of the molecule is COc1ccccc1-c1nc(C2CC(C)(C)OC(C)(C)C2)cn1-c1ccc(C#N)cc1F. The molecule has 6 heteroatoms. The van der Waals surface area contributed by atoms with E-state index in [0.717, 1.165) is 24.1 Å². The number of aromatic nitrogens is 2. The predicted molar refractivity (Wildman–Crippen MR) is 121 cm³/mol. The molecule has 2 heterocycles. The Morgan fingerprint density at radius 1 is 1.12 bits per heavy atom. The van der Waals surface area contributed by atoms with E-state index in [9.17, 15) is 0 Å². The average Bonchev–Trinajstić information content (AvgIpc) is 3.16. The van der Waals surface area contributed by atoms with E-state index in [4.69, 9.17) is 19.7 Å². The van der Waals surface area contributed by atoms with Crippen LogP contribution in [-0.2, 0) is 4.74 Å². The van der Waals surface area contributed by atoms with Crippen LogP contribution < -0.4 is 4.74 Å². The second kappa shape index (κ2) is 8.07. The van der Waals surface area contributed by atoms with Gasteiger partial charge in [-0.3, -0.25) is 4.57 Å². The number of halogens is 1. The lowest BCUT2D eigenvalue weighted by Crippen LogP contribution is -2.44. The number of benzene rings is 2. The Morgan fingerprint density at radius 3 is 2.44 bits per heavy atom. The molecule has 3 aromatic rings. The molecule has 2 aromatic carbocycles. The van der Waals surface area contributed by atoms with E-state index in [0.29, 0.717) is 17.3 Å². The molecule has 0 atom stereocenters. The second-order valence-electron chi connectivity index (χ2n) is 9.56. The molecule has 32 heavy (non-hydrogen) atoms. The smallest absolute Gasteiger partial charge is 0.148 e. The monoisotopic (exact) mass is 433 g/mol. The summed E-state index contributed by atoms with van der Waals surface area (Å²) in [5.74, 6) is 0.942. The van der Waals surface area contributed by atoms with Crippen LogP contribution in [0.15, 0.2) is 48.7 Å². The molecule has 4 rings (SSSR count). The summed E-state index contributed by atoms with van der Waals surface area (Å²) in [6, 6.07) is 14.1. The molecule has 0 aliphatic carbocycles. The maximum Gasteiger partial charge on any atom is 0.148 e. The number of rotatable bonds is 4. The average molecular weight is 434 g/mol. The molecular formula is C26H28FN3O2. The van der Waals surface area contributed by atoms with Crippen molar-refractivity contribution >= 4 is 0 Å². The predicted octanol–water partition coefficient (Wildman–Crippen LogP) is 6.01. The van der Waals surface area contributed by atoms with Gasteiger partial charge in [-0.05, 0) is 70.9 Å². The number of ether oxygens (including phenoxy) is 2. The van der Waals surface area contributed by atoms with Crippen molar-refractivity contribution in [1.82, 2.24) is 9.55 Å². The molecule has 0 amide bonds. The number of methoxy groups -OCH3 is 1. The summed E-state index contributed by atoms with van der Waals surface area (Å²) < 4.78 is 28.6. The van der Waals surface area contributed by atoms with Crippen molar-refractivity contribution in [3.63, 3.8) is 0 Å². The van der Waals surface area contributed by atoms with Gasteiger partial charge in [0.2, 0.25) is 0 Å². The molecule has 166 valence electrons. The fraction of sp³-hybridized carbons (Fsp3) is 0.385. The van der Waals surface area contributed by atoms with Crippen molar-refractivity contribution in [2.45, 2.75) is 57.7 Å². The standard InChI is InChI=1S/C26H28FN3O2/c1-25(2)13-18(14-26(3,4)32-25)21-16-30(22-11-10-17(15-28)12-20(22)27)24(29-21)19-8-6-7-9-23(19)31-5/h6-12,16,18H,13-14H2,1-5H3. The third kappa shape index (κ3) is 4.26. The van der Waals surface area contributed by atoms with Gasteiger partial charge in [0.25, 0.3) is 0 Å². The van der Waals surface area contributed by atoms with Crippen LogP contribution in [0.5, 0.6) is 5.75 Å². The van der Waals surface area contributed by atoms with Crippen LogP contribution in [0.3, 0.4) is 0 Å². The molecule has 0 saturated carbocycles. The molecule has 1 saturated heterocycles. The summed E-state index contributed by atoms with van der Waals surface area (Å²) in [6.07, 6.45) is 3.54. The van der Waals surface area contributed by atoms with Crippen LogP contribution in [0, 0.1) is 17.1 Å². The molecule has 5 nitrogen and oxygen atoms in total. The summed E-state index contributed by atoms with van der Waals surface area (Å²) in [7, 11) is 1.61. The number of imidazole rings is 1. The van der Waals surface area contributed by atoms with E-state index in [2.05, 4.69) is 27.7 Å². The molecule has 0 N–H and O–H groups in total. The molecule has 1 aliphatic heterocycles. The Bertz CT molecular complexity index is 1170. The Labute approximate surface area is 188 Å². The highest BCUT2D eigenvalue weighted by atomic mass is 19.1. The van der Waals surface area contributed by atoms with Gasteiger partial charge in [0, 0.05) is 12.1 Å². The Morgan fingerprint density at radius 2 is 1.81 bits per heavy atom. The maximum absolute atomic E-state index is 15.0. The molecule has 0 radical (unpaired) electrons. The lowest BCUT2D eigenvalue weighted by atomic mass is 9.79. The van der Waals surface area contributed by atoms with Gasteiger partial charge in [-0.25, -0.2) is 9.37 Å². The molecule has 0 unspecified atom stereocenters. The van der Waals surface area contributed by atoms with Crippen molar-refractivity contribution in [2.24, 2.45) is 0 Å². The highest BCUT2D eigenvalue weighted by Crippen LogP contribution is 2.44. The number of nitrogens with zero attached hydrogens (tertiary/aromatic N) is 3. The van der Waals surface area contributed by atoms with Gasteiger partial charge in [0.1, 0.15) is 17.4 Å². The van der Waals surface area contributed by atoms with Crippen molar-refractivity contribution in [3.05, 3.63) is 65.7 Å². The largest absolute Gasteiger partial charge is 0.496 e. The first-order valence-corrected chi connectivity index (χ1v) is 10.8. The zero-order valence-corrected chi connectivity index (χ0v) is 19.1. The first kappa shape index (κ1) is 22.0. The van der Waals surface area contributed by atoms with Crippen molar-refractivity contribution in [2.75, 3.05) is 7.11 Å². The summed E-state index contributed by atoms with van der Waals surface area (Å²) >= 11 is 0. The maximum atomic E-state index is 15.0. The summed E-state index contributed by atoms with van der Waals surface area (Å²) in [5.41, 5.74) is 1.70. The van der Waals surface area contributed by atoms with Crippen LogP contribution in [0.2, 0.25) is 0 Å². The van der Waals surface area contributed by atoms with Crippen LogP contribution in [0.1, 0.15) is 57.7 Å². The third-order valence-corrected chi connectivity index (χ3v) is 5.86. The fourth-order valence-corrected chi connectivity index (χ4v) is 4.87. The first-order chi connectivity index (χ1) is 15.1. The van der Waals surface area contributed by atoms with E-state index in [1.165, 1.54) is 6.07 Å². The van der Waals surface area contributed by atoms with E-state index >= 15 is 4.39 Å². The molecule has 1 aliphatic rings. The molecule has 1 fully saturated rings. The molecule has 0 bridgehead atoms. The van der Waals surface area contributed by atoms with Crippen LogP contribution in [0.4, 0.5) is 4.39 Å². The van der Waals surface area contributed by atoms with Gasteiger partial charge < -0.3 is 9.47 Å². The highest BCUT2D eigenvalue weighted by Gasteiger charge is 2.41. The lowest BCUT2D eigenvalue weighted by molar-refractivity contribution is -0.162. The van der Waals surface area contributed by atoms with Crippen LogP contribution >= 0.6 is 0 Å². The highest BCUT2D eigenvalue weighted by molar-refractivity contribution is 5.67.